The number of hydrogen-bond acceptors (Lipinski definition) is 3. The highest BCUT2D eigenvalue weighted by Gasteiger charge is 2.28. The third-order valence-electron chi connectivity index (χ3n) is 4.82. The van der Waals surface area contributed by atoms with Gasteiger partial charge in [0, 0.05) is 17.0 Å². The van der Waals surface area contributed by atoms with Gasteiger partial charge in [-0.05, 0) is 49.3 Å². The van der Waals surface area contributed by atoms with Crippen molar-refractivity contribution in [1.29, 1.82) is 0 Å². The summed E-state index contributed by atoms with van der Waals surface area (Å²) in [5.74, 6) is 0.392. The van der Waals surface area contributed by atoms with Crippen LogP contribution in [0.3, 0.4) is 0 Å². The second kappa shape index (κ2) is 8.49. The number of carbonyl (C=O) groups is 2. The molecule has 0 spiro atoms. The van der Waals surface area contributed by atoms with Crippen LogP contribution in [0.2, 0.25) is 0 Å². The summed E-state index contributed by atoms with van der Waals surface area (Å²) in [7, 11) is 0. The van der Waals surface area contributed by atoms with E-state index in [1.165, 1.54) is 4.88 Å². The van der Waals surface area contributed by atoms with Gasteiger partial charge in [-0.25, -0.2) is 0 Å². The number of carbonyl (C=O) groups excluding carboxylic acids is 2. The van der Waals surface area contributed by atoms with Crippen LogP contribution in [0.15, 0.2) is 30.3 Å². The van der Waals surface area contributed by atoms with E-state index in [9.17, 15) is 9.59 Å². The first-order chi connectivity index (χ1) is 12.6. The number of anilines is 1. The van der Waals surface area contributed by atoms with Crippen LogP contribution in [0.4, 0.5) is 5.00 Å². The van der Waals surface area contributed by atoms with Gasteiger partial charge in [0.2, 0.25) is 0 Å². The van der Waals surface area contributed by atoms with E-state index < -0.39 is 0 Å². The fourth-order valence-corrected chi connectivity index (χ4v) is 4.71. The number of hydrogen-bond donors (Lipinski definition) is 2. The molecule has 0 aliphatic heterocycles. The van der Waals surface area contributed by atoms with Gasteiger partial charge >= 0.3 is 0 Å². The lowest BCUT2D eigenvalue weighted by atomic mass is 9.88. The largest absolute Gasteiger partial charge is 0.352 e. The van der Waals surface area contributed by atoms with E-state index >= 15 is 0 Å². The molecule has 0 unspecified atom stereocenters. The molecule has 2 N–H and O–H groups in total. The number of rotatable bonds is 6. The van der Waals surface area contributed by atoms with E-state index in [0.29, 0.717) is 28.6 Å². The fraction of sp³-hybridized carbons (Fsp3) is 0.429. The lowest BCUT2D eigenvalue weighted by molar-refractivity contribution is 0.0953. The molecule has 0 saturated heterocycles. The number of fused-ring (bicyclic) bond motifs is 1. The highest BCUT2D eigenvalue weighted by molar-refractivity contribution is 7.17. The fourth-order valence-electron chi connectivity index (χ4n) is 3.31. The molecule has 1 atom stereocenters. The first-order valence-corrected chi connectivity index (χ1v) is 10.2. The number of benzene rings is 1. The molecule has 5 heteroatoms. The van der Waals surface area contributed by atoms with Crippen molar-refractivity contribution in [1.82, 2.24) is 5.32 Å². The van der Waals surface area contributed by atoms with Gasteiger partial charge in [0.25, 0.3) is 11.8 Å². The average Bonchev–Trinajstić information content (AvgIpc) is 2.99. The lowest BCUT2D eigenvalue weighted by Crippen LogP contribution is -2.27. The molecule has 1 aliphatic carbocycles. The van der Waals surface area contributed by atoms with Crippen molar-refractivity contribution in [2.75, 3.05) is 11.9 Å². The van der Waals surface area contributed by atoms with Crippen LogP contribution in [0.25, 0.3) is 0 Å². The van der Waals surface area contributed by atoms with Gasteiger partial charge in [0.15, 0.2) is 0 Å². The summed E-state index contributed by atoms with van der Waals surface area (Å²) in [6.07, 6.45) is 4.98. The topological polar surface area (TPSA) is 58.2 Å². The molecule has 1 heterocycles. The van der Waals surface area contributed by atoms with Gasteiger partial charge in [0.1, 0.15) is 5.00 Å². The Balaban J connectivity index is 1.88. The molecule has 0 saturated carbocycles. The van der Waals surface area contributed by atoms with Crippen LogP contribution in [-0.2, 0) is 12.8 Å². The molecule has 0 radical (unpaired) electrons. The lowest BCUT2D eigenvalue weighted by Gasteiger charge is -2.18. The zero-order valence-electron chi connectivity index (χ0n) is 15.4. The van der Waals surface area contributed by atoms with Crippen molar-refractivity contribution in [3.63, 3.8) is 0 Å². The van der Waals surface area contributed by atoms with Crippen LogP contribution in [0.5, 0.6) is 0 Å². The van der Waals surface area contributed by atoms with Crippen molar-refractivity contribution < 1.29 is 9.59 Å². The minimum Gasteiger partial charge on any atom is -0.352 e. The third kappa shape index (κ3) is 4.15. The average molecular weight is 371 g/mol. The predicted molar refractivity (Wildman–Crippen MR) is 107 cm³/mol. The molecular formula is C21H26N2O2S. The van der Waals surface area contributed by atoms with Crippen LogP contribution < -0.4 is 10.6 Å². The molecule has 1 aromatic carbocycles. The summed E-state index contributed by atoms with van der Waals surface area (Å²) >= 11 is 1.56. The molecule has 1 aliphatic rings. The van der Waals surface area contributed by atoms with Gasteiger partial charge in [-0.15, -0.1) is 11.3 Å². The van der Waals surface area contributed by atoms with E-state index in [-0.39, 0.29) is 11.8 Å². The SMILES string of the molecule is CCCCNC(=O)c1c(NC(=O)c2ccccc2)sc2c1CC[C@@H](C)C2. The van der Waals surface area contributed by atoms with Gasteiger partial charge in [-0.1, -0.05) is 38.5 Å². The summed E-state index contributed by atoms with van der Waals surface area (Å²) in [4.78, 5) is 26.7. The smallest absolute Gasteiger partial charge is 0.256 e. The normalized spacial score (nSPS) is 16.0. The van der Waals surface area contributed by atoms with Crippen LogP contribution in [0, 0.1) is 5.92 Å². The van der Waals surface area contributed by atoms with E-state index in [4.69, 9.17) is 0 Å². The maximum atomic E-state index is 12.8. The summed E-state index contributed by atoms with van der Waals surface area (Å²) in [5.41, 5.74) is 2.41. The minimum absolute atomic E-state index is 0.0612. The highest BCUT2D eigenvalue weighted by Crippen LogP contribution is 2.39. The van der Waals surface area contributed by atoms with Crippen molar-refractivity contribution in [3.8, 4) is 0 Å². The number of unbranched alkanes of at least 4 members (excludes halogenated alkanes) is 1. The molecule has 2 amide bonds. The molecule has 2 aromatic rings. The highest BCUT2D eigenvalue weighted by atomic mass is 32.1. The Hall–Kier alpha value is -2.14. The molecule has 3 rings (SSSR count). The molecular weight excluding hydrogens is 344 g/mol. The van der Waals surface area contributed by atoms with E-state index in [1.54, 1.807) is 23.5 Å². The Morgan fingerprint density at radius 2 is 1.96 bits per heavy atom. The Bertz CT molecular complexity index is 783. The molecule has 138 valence electrons. The Morgan fingerprint density at radius 3 is 2.69 bits per heavy atom. The quantitative estimate of drug-likeness (QED) is 0.727. The van der Waals surface area contributed by atoms with Crippen LogP contribution in [0.1, 0.15) is 64.3 Å². The molecule has 0 fully saturated rings. The zero-order valence-corrected chi connectivity index (χ0v) is 16.2. The first kappa shape index (κ1) is 18.6. The second-order valence-electron chi connectivity index (χ2n) is 6.99. The van der Waals surface area contributed by atoms with Gasteiger partial charge < -0.3 is 10.6 Å². The van der Waals surface area contributed by atoms with E-state index in [0.717, 1.165) is 37.7 Å². The van der Waals surface area contributed by atoms with Crippen LogP contribution >= 0.6 is 11.3 Å². The summed E-state index contributed by atoms with van der Waals surface area (Å²) in [6.45, 7) is 5.01. The molecule has 26 heavy (non-hydrogen) atoms. The Morgan fingerprint density at radius 1 is 1.19 bits per heavy atom. The molecule has 0 bridgehead atoms. The summed E-state index contributed by atoms with van der Waals surface area (Å²) in [5, 5.41) is 6.69. The van der Waals surface area contributed by atoms with E-state index in [1.807, 2.05) is 18.2 Å². The third-order valence-corrected chi connectivity index (χ3v) is 5.99. The van der Waals surface area contributed by atoms with Gasteiger partial charge in [-0.2, -0.15) is 0 Å². The van der Waals surface area contributed by atoms with Crippen molar-refractivity contribution in [2.45, 2.75) is 46.0 Å². The maximum Gasteiger partial charge on any atom is 0.256 e. The predicted octanol–water partition coefficient (Wildman–Crippen LogP) is 4.66. The zero-order chi connectivity index (χ0) is 18.5. The number of thiophene rings is 1. The van der Waals surface area contributed by atoms with Crippen LogP contribution in [-0.4, -0.2) is 18.4 Å². The molecule has 4 nitrogen and oxygen atoms in total. The van der Waals surface area contributed by atoms with Crippen molar-refractivity contribution in [3.05, 3.63) is 51.9 Å². The second-order valence-corrected chi connectivity index (χ2v) is 8.09. The minimum atomic E-state index is -0.167. The number of amides is 2. The van der Waals surface area contributed by atoms with Crippen molar-refractivity contribution in [2.24, 2.45) is 5.92 Å². The number of nitrogens with one attached hydrogen (secondary N) is 2. The van der Waals surface area contributed by atoms with Gasteiger partial charge in [-0.3, -0.25) is 9.59 Å². The maximum absolute atomic E-state index is 12.8. The summed E-state index contributed by atoms with van der Waals surface area (Å²) in [6, 6.07) is 9.13. The van der Waals surface area contributed by atoms with Crippen molar-refractivity contribution >= 4 is 28.2 Å². The standard InChI is InChI=1S/C21H26N2O2S/c1-3-4-12-22-20(25)18-16-11-10-14(2)13-17(16)26-21(18)23-19(24)15-8-6-5-7-9-15/h5-9,14H,3-4,10-13H2,1-2H3,(H,22,25)(H,23,24)/t14-/m1/s1. The Labute approximate surface area is 159 Å². The Kier molecular flexibility index (Phi) is 6.09. The monoisotopic (exact) mass is 370 g/mol. The van der Waals surface area contributed by atoms with E-state index in [2.05, 4.69) is 24.5 Å². The summed E-state index contributed by atoms with van der Waals surface area (Å²) < 4.78 is 0. The first-order valence-electron chi connectivity index (χ1n) is 9.39. The van der Waals surface area contributed by atoms with Gasteiger partial charge in [0.05, 0.1) is 5.56 Å². The molecule has 1 aromatic heterocycles.